The van der Waals surface area contributed by atoms with Gasteiger partial charge in [0.2, 0.25) is 0 Å². The molecule has 0 aliphatic heterocycles. The number of para-hydroxylation sites is 2. The molecule has 0 unspecified atom stereocenters. The molecular weight excluding hydrogens is 743 g/mol. The topological polar surface area (TPSA) is 130 Å². The molecule has 0 atom stereocenters. The molecule has 0 fully saturated rings. The van der Waals surface area contributed by atoms with E-state index < -0.39 is 64.9 Å². The smallest absolute Gasteiger partial charge is 0.437 e. The molecule has 0 amide bonds. The lowest BCUT2D eigenvalue weighted by molar-refractivity contribution is -0.0606. The van der Waals surface area contributed by atoms with Crippen molar-refractivity contribution in [1.29, 1.82) is 0 Å². The van der Waals surface area contributed by atoms with Gasteiger partial charge in [-0.15, -0.1) is 0 Å². The third-order valence-corrected chi connectivity index (χ3v) is 8.79. The van der Waals surface area contributed by atoms with Crippen LogP contribution in [0, 0.1) is 0 Å². The number of hydrogen-bond acceptors (Lipinski definition) is 10. The lowest BCUT2D eigenvalue weighted by Crippen LogP contribution is -2.25. The summed E-state index contributed by atoms with van der Waals surface area (Å²) < 4.78 is 154. The number of alkyl halides is 6. The Hall–Kier alpha value is -5.88. The molecule has 0 saturated heterocycles. The monoisotopic (exact) mass is 764 g/mol. The molecule has 270 valence electrons. The van der Waals surface area contributed by atoms with Crippen LogP contribution in [0.25, 0.3) is 0 Å². The maximum Gasteiger partial charge on any atom is 0.437 e. The van der Waals surface area contributed by atoms with Crippen LogP contribution in [0.4, 0.5) is 26.3 Å². The first kappa shape index (κ1) is 37.4. The van der Waals surface area contributed by atoms with Crippen molar-refractivity contribution in [2.45, 2.75) is 22.1 Å². The first-order valence-electron chi connectivity index (χ1n) is 14.5. The predicted octanol–water partition coefficient (Wildman–Crippen LogP) is 8.62. The van der Waals surface area contributed by atoms with Crippen LogP contribution >= 0.6 is 0 Å². The highest BCUT2D eigenvalue weighted by atomic mass is 32.2. The zero-order valence-corrected chi connectivity index (χ0v) is 27.6. The minimum atomic E-state index is -5.24. The van der Waals surface area contributed by atoms with Crippen LogP contribution in [0.3, 0.4) is 0 Å². The fourth-order valence-corrected chi connectivity index (χ4v) is 5.82. The molecule has 52 heavy (non-hydrogen) atoms. The number of oxime groups is 2. The Morgan fingerprint density at radius 2 is 0.769 bits per heavy atom. The number of ether oxygens (including phenoxy) is 2. The first-order valence-corrected chi connectivity index (χ1v) is 17.3. The Morgan fingerprint density at radius 3 is 1.10 bits per heavy atom. The third-order valence-electron chi connectivity index (χ3n) is 6.59. The van der Waals surface area contributed by atoms with E-state index >= 15 is 0 Å². The lowest BCUT2D eigenvalue weighted by atomic mass is 10.1. The summed E-state index contributed by atoms with van der Waals surface area (Å²) in [5, 5.41) is 5.59. The predicted molar refractivity (Wildman–Crippen MR) is 174 cm³/mol. The highest BCUT2D eigenvalue weighted by molar-refractivity contribution is 7.87. The molecule has 0 aromatic heterocycles. The largest absolute Gasteiger partial charge is 0.457 e. The summed E-state index contributed by atoms with van der Waals surface area (Å²) in [6, 6.07) is 27.8. The maximum atomic E-state index is 13.9. The van der Waals surface area contributed by atoms with Gasteiger partial charge in [0.15, 0.2) is 11.4 Å². The van der Waals surface area contributed by atoms with E-state index in [0.29, 0.717) is 17.6 Å². The van der Waals surface area contributed by atoms with Crippen LogP contribution in [-0.2, 0) is 28.8 Å². The van der Waals surface area contributed by atoms with Gasteiger partial charge in [0.1, 0.15) is 32.8 Å². The normalized spacial score (nSPS) is 13.0. The minimum Gasteiger partial charge on any atom is -0.457 e. The van der Waals surface area contributed by atoms with E-state index in [-0.39, 0.29) is 11.5 Å². The maximum absolute atomic E-state index is 13.9. The highest BCUT2D eigenvalue weighted by Gasteiger charge is 2.40. The van der Waals surface area contributed by atoms with Gasteiger partial charge in [-0.1, -0.05) is 52.8 Å². The Morgan fingerprint density at radius 1 is 0.442 bits per heavy atom. The van der Waals surface area contributed by atoms with Crippen LogP contribution in [0.5, 0.6) is 23.0 Å². The van der Waals surface area contributed by atoms with Crippen LogP contribution in [0.15, 0.2) is 154 Å². The van der Waals surface area contributed by atoms with Crippen molar-refractivity contribution in [3.8, 4) is 23.0 Å². The SMILES string of the molecule is O=S(=O)(O/N=C(/c1ccc(Oc2ccccc2)cc1)C(F)(F)F)c1cccc(S(=O)(=O)O/N=C(/c2ccc(Oc3ccccc3)cc2)C(F)(F)F)c1. The Kier molecular flexibility index (Phi) is 10.9. The van der Waals surface area contributed by atoms with E-state index in [1.807, 2.05) is 0 Å². The number of rotatable bonds is 12. The fraction of sp³-hybridized carbons (Fsp3) is 0.0588. The van der Waals surface area contributed by atoms with Crippen molar-refractivity contribution >= 4 is 31.7 Å². The third kappa shape index (κ3) is 9.67. The van der Waals surface area contributed by atoms with Gasteiger partial charge in [0, 0.05) is 11.1 Å². The Balaban J connectivity index is 1.34. The fourth-order valence-electron chi connectivity index (χ4n) is 4.19. The molecule has 5 aromatic carbocycles. The van der Waals surface area contributed by atoms with Crippen molar-refractivity contribution in [3.63, 3.8) is 0 Å². The standard InChI is InChI=1S/C34H22F6N2O8S2/c35-33(36,37)31(23-14-18-27(19-15-23)47-25-8-3-1-4-9-25)41-49-51(43,44)29-12-7-13-30(22-29)52(45,46)50-42-32(34(38,39)40)24-16-20-28(21-17-24)48-26-10-5-2-6-11-26/h1-22H/b41-31-,42-32-. The van der Waals surface area contributed by atoms with Crippen LogP contribution < -0.4 is 9.47 Å². The molecule has 0 aliphatic rings. The quantitative estimate of drug-likeness (QED) is 0.0702. The zero-order chi connectivity index (χ0) is 37.6. The molecule has 5 aromatic rings. The van der Waals surface area contributed by atoms with E-state index in [1.165, 1.54) is 24.3 Å². The second-order valence-electron chi connectivity index (χ2n) is 10.3. The van der Waals surface area contributed by atoms with Crippen molar-refractivity contribution in [2.75, 3.05) is 0 Å². The molecule has 0 heterocycles. The molecule has 0 bridgehead atoms. The molecule has 0 radical (unpaired) electrons. The van der Waals surface area contributed by atoms with E-state index in [9.17, 15) is 43.2 Å². The lowest BCUT2D eigenvalue weighted by Gasteiger charge is -2.12. The number of halogens is 6. The molecule has 5 rings (SSSR count). The molecule has 0 saturated carbocycles. The van der Waals surface area contributed by atoms with Crippen molar-refractivity contribution < 1.29 is 61.2 Å². The zero-order valence-electron chi connectivity index (χ0n) is 25.9. The highest BCUT2D eigenvalue weighted by Crippen LogP contribution is 2.29. The number of nitrogens with zero attached hydrogens (tertiary/aromatic N) is 2. The van der Waals surface area contributed by atoms with Gasteiger partial charge < -0.3 is 9.47 Å². The van der Waals surface area contributed by atoms with Gasteiger partial charge in [0.25, 0.3) is 0 Å². The molecule has 0 spiro atoms. The van der Waals surface area contributed by atoms with Crippen LogP contribution in [0.1, 0.15) is 11.1 Å². The van der Waals surface area contributed by atoms with Gasteiger partial charge in [-0.05, 0) is 91.0 Å². The summed E-state index contributed by atoms with van der Waals surface area (Å²) in [6.45, 7) is 0. The van der Waals surface area contributed by atoms with Crippen molar-refractivity contribution in [2.24, 2.45) is 10.3 Å². The minimum absolute atomic E-state index is 0.156. The van der Waals surface area contributed by atoms with Gasteiger partial charge in [-0.2, -0.15) is 43.2 Å². The molecule has 10 nitrogen and oxygen atoms in total. The summed E-state index contributed by atoms with van der Waals surface area (Å²) in [5.74, 6) is 1.11. The molecular formula is C34H22F6N2O8S2. The second kappa shape index (κ2) is 15.2. The summed E-state index contributed by atoms with van der Waals surface area (Å²) in [7, 11) is -10.5. The second-order valence-corrected chi connectivity index (χ2v) is 13.3. The van der Waals surface area contributed by atoms with E-state index in [0.717, 1.165) is 42.5 Å². The number of hydrogen-bond donors (Lipinski definition) is 0. The average Bonchev–Trinajstić information content (AvgIpc) is 3.09. The summed E-state index contributed by atoms with van der Waals surface area (Å²) in [5.41, 5.74) is -4.74. The van der Waals surface area contributed by atoms with Gasteiger partial charge in [-0.25, -0.2) is 0 Å². The van der Waals surface area contributed by atoms with E-state index in [2.05, 4.69) is 18.9 Å². The van der Waals surface area contributed by atoms with Crippen LogP contribution in [0.2, 0.25) is 0 Å². The first-order chi connectivity index (χ1) is 24.5. The Labute approximate surface area is 292 Å². The van der Waals surface area contributed by atoms with Crippen molar-refractivity contribution in [1.82, 2.24) is 0 Å². The van der Waals surface area contributed by atoms with E-state index in [4.69, 9.17) is 9.47 Å². The van der Waals surface area contributed by atoms with Crippen molar-refractivity contribution in [3.05, 3.63) is 145 Å². The van der Waals surface area contributed by atoms with Crippen LogP contribution in [-0.4, -0.2) is 40.6 Å². The average molecular weight is 765 g/mol. The summed E-state index contributed by atoms with van der Waals surface area (Å²) in [4.78, 5) is -2.05. The van der Waals surface area contributed by atoms with Gasteiger partial charge >= 0.3 is 32.6 Å². The molecule has 0 aliphatic carbocycles. The number of benzene rings is 5. The van der Waals surface area contributed by atoms with E-state index in [1.54, 1.807) is 60.7 Å². The molecule has 18 heteroatoms. The van der Waals surface area contributed by atoms with Gasteiger partial charge in [0.05, 0.1) is 0 Å². The van der Waals surface area contributed by atoms with Gasteiger partial charge in [-0.3, -0.25) is 8.57 Å². The molecule has 0 N–H and O–H groups in total. The summed E-state index contributed by atoms with van der Waals surface area (Å²) in [6.07, 6.45) is -10.4. The summed E-state index contributed by atoms with van der Waals surface area (Å²) >= 11 is 0. The Bertz CT molecular complexity index is 2120.